The van der Waals surface area contributed by atoms with Crippen molar-refractivity contribution < 1.29 is 22.4 Å². The number of aromatic nitrogens is 1. The van der Waals surface area contributed by atoms with E-state index in [0.717, 1.165) is 6.42 Å². The number of hydrogen-bond donors (Lipinski definition) is 1. The van der Waals surface area contributed by atoms with Crippen molar-refractivity contribution in [1.29, 1.82) is 0 Å². The largest absolute Gasteiger partial charge is 0.435 e. The zero-order valence-corrected chi connectivity index (χ0v) is 15.7. The number of thiazole rings is 1. The van der Waals surface area contributed by atoms with Crippen LogP contribution in [0.15, 0.2) is 18.2 Å². The van der Waals surface area contributed by atoms with E-state index in [2.05, 4.69) is 10.3 Å². The topological polar surface area (TPSA) is 42.0 Å². The van der Waals surface area contributed by atoms with Crippen molar-refractivity contribution in [3.63, 3.8) is 0 Å². The fraction of sp³-hybridized carbons (Fsp3) is 0.444. The summed E-state index contributed by atoms with van der Waals surface area (Å²) < 4.78 is 52.8. The van der Waals surface area contributed by atoms with Crippen LogP contribution in [0.4, 0.5) is 23.2 Å². The Morgan fingerprint density at radius 1 is 1.23 bits per heavy atom. The highest BCUT2D eigenvalue weighted by atomic mass is 32.1. The maximum Gasteiger partial charge on any atom is 0.435 e. The first-order chi connectivity index (χ1) is 11.9. The van der Waals surface area contributed by atoms with Crippen LogP contribution in [-0.2, 0) is 12.6 Å². The normalized spacial score (nSPS) is 12.3. The van der Waals surface area contributed by atoms with Gasteiger partial charge in [-0.25, -0.2) is 9.37 Å². The molecule has 1 N–H and O–H groups in total. The van der Waals surface area contributed by atoms with Crippen molar-refractivity contribution in [3.05, 3.63) is 45.2 Å². The van der Waals surface area contributed by atoms with E-state index in [0.29, 0.717) is 29.0 Å². The van der Waals surface area contributed by atoms with Gasteiger partial charge in [0.05, 0.1) is 5.01 Å². The van der Waals surface area contributed by atoms with Gasteiger partial charge < -0.3 is 5.32 Å². The van der Waals surface area contributed by atoms with Crippen molar-refractivity contribution in [2.75, 3.05) is 5.32 Å². The zero-order chi connectivity index (χ0) is 19.7. The number of alkyl halides is 3. The van der Waals surface area contributed by atoms with Crippen molar-refractivity contribution in [1.82, 2.24) is 4.98 Å². The van der Waals surface area contributed by atoms with E-state index < -0.39 is 28.5 Å². The van der Waals surface area contributed by atoms with Crippen LogP contribution < -0.4 is 5.32 Å². The second kappa shape index (κ2) is 7.34. The molecule has 1 heterocycles. The summed E-state index contributed by atoms with van der Waals surface area (Å²) in [4.78, 5) is 15.3. The molecule has 0 aliphatic heterocycles. The van der Waals surface area contributed by atoms with Crippen LogP contribution in [-0.4, -0.2) is 10.9 Å². The van der Waals surface area contributed by atoms with E-state index in [1.54, 1.807) is 0 Å². The fourth-order valence-electron chi connectivity index (χ4n) is 2.35. The third-order valence-corrected chi connectivity index (χ3v) is 4.64. The Bertz CT molecular complexity index is 806. The molecule has 0 aliphatic carbocycles. The minimum atomic E-state index is -4.71. The number of anilines is 1. The van der Waals surface area contributed by atoms with E-state index in [1.165, 1.54) is 25.1 Å². The number of nitrogens with one attached hydrogen (secondary N) is 1. The van der Waals surface area contributed by atoms with E-state index in [-0.39, 0.29) is 10.4 Å². The monoisotopic (exact) mass is 388 g/mol. The summed E-state index contributed by atoms with van der Waals surface area (Å²) in [6, 6.07) is 3.83. The van der Waals surface area contributed by atoms with Crippen molar-refractivity contribution >= 4 is 22.9 Å². The molecule has 3 nitrogen and oxygen atoms in total. The minimum Gasteiger partial charge on any atom is -0.321 e. The number of carbonyl (C=O) groups excluding carboxylic acids is 1. The van der Waals surface area contributed by atoms with Gasteiger partial charge in [0.25, 0.3) is 5.91 Å². The summed E-state index contributed by atoms with van der Waals surface area (Å²) in [5.74, 6) is -1.36. The molecule has 142 valence electrons. The van der Waals surface area contributed by atoms with Gasteiger partial charge in [0.1, 0.15) is 10.7 Å². The third kappa shape index (κ3) is 5.27. The molecule has 2 rings (SSSR count). The average molecular weight is 388 g/mol. The number of hydrogen-bond acceptors (Lipinski definition) is 3. The molecule has 26 heavy (non-hydrogen) atoms. The Labute approximate surface area is 153 Å². The first kappa shape index (κ1) is 20.4. The highest BCUT2D eigenvalue weighted by Gasteiger charge is 2.39. The molecular formula is C18H20F4N2OS. The number of rotatable bonds is 4. The standard InChI is InChI=1S/C18H20F4N2OS/c1-10-23-15(18(20,21)22)14(26-10)16(25)24-13-6-5-12(19)9-11(13)7-8-17(2,3)4/h5-6,9H,7-8H2,1-4H3,(H,24,25). The molecule has 0 saturated heterocycles. The Morgan fingerprint density at radius 3 is 2.46 bits per heavy atom. The quantitative estimate of drug-likeness (QED) is 0.669. The smallest absolute Gasteiger partial charge is 0.321 e. The molecule has 1 aromatic heterocycles. The zero-order valence-electron chi connectivity index (χ0n) is 14.9. The Balaban J connectivity index is 2.30. The molecule has 0 atom stereocenters. The lowest BCUT2D eigenvalue weighted by Crippen LogP contribution is -2.18. The maximum atomic E-state index is 13.6. The van der Waals surface area contributed by atoms with Crippen molar-refractivity contribution in [2.24, 2.45) is 5.41 Å². The molecule has 1 amide bonds. The van der Waals surface area contributed by atoms with Crippen LogP contribution in [0.3, 0.4) is 0 Å². The molecule has 0 unspecified atom stereocenters. The summed E-state index contributed by atoms with van der Waals surface area (Å²) in [6.07, 6.45) is -3.49. The molecule has 8 heteroatoms. The van der Waals surface area contributed by atoms with Crippen molar-refractivity contribution in [2.45, 2.75) is 46.7 Å². The van der Waals surface area contributed by atoms with Gasteiger partial charge >= 0.3 is 6.18 Å². The molecule has 0 spiro atoms. The first-order valence-corrected chi connectivity index (χ1v) is 8.83. The van der Waals surface area contributed by atoms with Crippen molar-refractivity contribution in [3.8, 4) is 0 Å². The van der Waals surface area contributed by atoms with E-state index in [1.807, 2.05) is 20.8 Å². The number of benzene rings is 1. The molecule has 0 bridgehead atoms. The van der Waals surface area contributed by atoms with Gasteiger partial charge in [-0.2, -0.15) is 13.2 Å². The summed E-state index contributed by atoms with van der Waals surface area (Å²) in [7, 11) is 0. The summed E-state index contributed by atoms with van der Waals surface area (Å²) in [6.45, 7) is 7.49. The number of nitrogens with zero attached hydrogens (tertiary/aromatic N) is 1. The van der Waals surface area contributed by atoms with E-state index in [4.69, 9.17) is 0 Å². The Hall–Kier alpha value is -1.96. The predicted octanol–water partition coefficient (Wildman–Crippen LogP) is 5.84. The number of aryl methyl sites for hydroxylation is 2. The van der Waals surface area contributed by atoms with Crippen LogP contribution in [0.25, 0.3) is 0 Å². The minimum absolute atomic E-state index is 0.00810. The summed E-state index contributed by atoms with van der Waals surface area (Å²) >= 11 is 0.678. The van der Waals surface area contributed by atoms with Gasteiger partial charge in [-0.05, 0) is 48.9 Å². The van der Waals surface area contributed by atoms with Gasteiger partial charge in [0.2, 0.25) is 0 Å². The summed E-state index contributed by atoms with van der Waals surface area (Å²) in [5, 5.41) is 2.63. The van der Waals surface area contributed by atoms with Crippen LogP contribution >= 0.6 is 11.3 Å². The second-order valence-corrected chi connectivity index (χ2v) is 8.43. The lowest BCUT2D eigenvalue weighted by molar-refractivity contribution is -0.141. The molecule has 0 aliphatic rings. The van der Waals surface area contributed by atoms with E-state index in [9.17, 15) is 22.4 Å². The SMILES string of the molecule is Cc1nc(C(F)(F)F)c(C(=O)Nc2ccc(F)cc2CCC(C)(C)C)s1. The van der Waals surface area contributed by atoms with Crippen LogP contribution in [0, 0.1) is 18.2 Å². The first-order valence-electron chi connectivity index (χ1n) is 8.01. The predicted molar refractivity (Wildman–Crippen MR) is 94.0 cm³/mol. The van der Waals surface area contributed by atoms with Gasteiger partial charge in [0, 0.05) is 5.69 Å². The van der Waals surface area contributed by atoms with E-state index >= 15 is 0 Å². The van der Waals surface area contributed by atoms with Crippen LogP contribution in [0.5, 0.6) is 0 Å². The lowest BCUT2D eigenvalue weighted by atomic mass is 9.88. The van der Waals surface area contributed by atoms with Crippen LogP contribution in [0.1, 0.15) is 53.1 Å². The fourth-order valence-corrected chi connectivity index (χ4v) is 3.19. The highest BCUT2D eigenvalue weighted by Crippen LogP contribution is 2.35. The average Bonchev–Trinajstić information content (AvgIpc) is 2.89. The molecular weight excluding hydrogens is 368 g/mol. The van der Waals surface area contributed by atoms with Gasteiger partial charge in [-0.15, -0.1) is 11.3 Å². The number of carbonyl (C=O) groups is 1. The Morgan fingerprint density at radius 2 is 1.88 bits per heavy atom. The lowest BCUT2D eigenvalue weighted by Gasteiger charge is -2.19. The Kier molecular flexibility index (Phi) is 5.75. The molecule has 1 aromatic carbocycles. The molecule has 0 radical (unpaired) electrons. The van der Waals surface area contributed by atoms with Gasteiger partial charge in [-0.3, -0.25) is 4.79 Å². The van der Waals surface area contributed by atoms with Crippen LogP contribution in [0.2, 0.25) is 0 Å². The second-order valence-electron chi connectivity index (χ2n) is 7.22. The molecule has 2 aromatic rings. The van der Waals surface area contributed by atoms with Gasteiger partial charge in [0.15, 0.2) is 5.69 Å². The third-order valence-electron chi connectivity index (χ3n) is 3.67. The highest BCUT2D eigenvalue weighted by molar-refractivity contribution is 7.13. The number of amides is 1. The van der Waals surface area contributed by atoms with Gasteiger partial charge in [-0.1, -0.05) is 20.8 Å². The molecule has 0 saturated carbocycles. The molecule has 0 fully saturated rings. The maximum absolute atomic E-state index is 13.6. The summed E-state index contributed by atoms with van der Waals surface area (Å²) in [5.41, 5.74) is -0.356. The number of halogens is 4.